The molecule has 0 aromatic carbocycles. The van der Waals surface area contributed by atoms with Crippen LogP contribution in [0.25, 0.3) is 0 Å². The zero-order valence-corrected chi connectivity index (χ0v) is 24.3. The molecule has 7 heteroatoms. The summed E-state index contributed by atoms with van der Waals surface area (Å²) in [5.41, 5.74) is 0. The summed E-state index contributed by atoms with van der Waals surface area (Å²) in [5, 5.41) is 29.3. The highest BCUT2D eigenvalue weighted by molar-refractivity contribution is 5.67. The average Bonchev–Trinajstić information content (AvgIpc) is 2.88. The third-order valence-electron chi connectivity index (χ3n) is 7.53. The smallest absolute Gasteiger partial charge is 0.309 e. The molecule has 0 spiro atoms. The quantitative estimate of drug-likeness (QED) is 0.0638. The van der Waals surface area contributed by atoms with Crippen molar-refractivity contribution in [1.82, 2.24) is 0 Å². The van der Waals surface area contributed by atoms with Crippen LogP contribution in [0.3, 0.4) is 0 Å². The molecule has 0 saturated carbocycles. The average molecular weight is 540 g/mol. The van der Waals surface area contributed by atoms with E-state index in [1.165, 1.54) is 96.3 Å². The van der Waals surface area contributed by atoms with E-state index < -0.39 is 17.9 Å². The van der Waals surface area contributed by atoms with Crippen molar-refractivity contribution in [3.63, 3.8) is 0 Å². The molecule has 0 aliphatic heterocycles. The van der Waals surface area contributed by atoms with Crippen LogP contribution in [0.1, 0.15) is 142 Å². The number of allylic oxidation sites excluding steroid dienone is 2. The van der Waals surface area contributed by atoms with Crippen LogP contribution in [0.4, 0.5) is 0 Å². The van der Waals surface area contributed by atoms with E-state index in [0.29, 0.717) is 6.54 Å². The first-order valence-electron chi connectivity index (χ1n) is 15.4. The van der Waals surface area contributed by atoms with Crippen LogP contribution in [0.5, 0.6) is 0 Å². The van der Waals surface area contributed by atoms with Crippen molar-refractivity contribution in [2.24, 2.45) is 0 Å². The Morgan fingerprint density at radius 1 is 0.553 bits per heavy atom. The fraction of sp³-hybridized carbons (Fsp3) is 0.839. The van der Waals surface area contributed by atoms with E-state index in [1.807, 2.05) is 0 Å². The monoisotopic (exact) mass is 539 g/mol. The van der Waals surface area contributed by atoms with Crippen molar-refractivity contribution >= 4 is 17.9 Å². The highest BCUT2D eigenvalue weighted by atomic mass is 16.4. The lowest BCUT2D eigenvalue weighted by Crippen LogP contribution is -2.53. The highest BCUT2D eigenvalue weighted by Gasteiger charge is 2.28. The van der Waals surface area contributed by atoms with Crippen LogP contribution in [0.2, 0.25) is 0 Å². The zero-order chi connectivity index (χ0) is 28.3. The number of carbonyl (C=O) groups excluding carboxylic acids is 1. The minimum atomic E-state index is -1.18. The number of unbranched alkanes of at least 4 members (excludes halogenated alkanes) is 16. The molecule has 0 saturated heterocycles. The van der Waals surface area contributed by atoms with Gasteiger partial charge >= 0.3 is 11.9 Å². The number of rotatable bonds is 29. The van der Waals surface area contributed by atoms with Gasteiger partial charge in [-0.15, -0.1) is 0 Å². The summed E-state index contributed by atoms with van der Waals surface area (Å²) in [7, 11) is 0. The number of nitrogens with zero attached hydrogens (tertiary/aromatic N) is 1. The molecule has 222 valence electrons. The van der Waals surface area contributed by atoms with E-state index in [-0.39, 0.29) is 43.4 Å². The Bertz CT molecular complexity index is 588. The molecule has 0 aliphatic carbocycles. The first-order chi connectivity index (χ1) is 18.3. The maximum absolute atomic E-state index is 11.1. The molecule has 0 aromatic rings. The molecule has 2 N–H and O–H groups in total. The zero-order valence-electron chi connectivity index (χ0n) is 24.3. The van der Waals surface area contributed by atoms with Gasteiger partial charge in [-0.05, 0) is 38.5 Å². The maximum atomic E-state index is 11.1. The number of carboxylic acids is 3. The number of aliphatic carboxylic acids is 3. The standard InChI is InChI=1S/C31H57NO6/c1-2-3-4-5-6-7-8-9-10-11-12-13-14-15-16-17-18-19-20-21-25-32(26-22-29(33)34,27-23-30(35)36)28-24-31(37)38/h6-7H,2-5,8-28H2,1H3,(H2-,33,34,35,36,37,38)/b7-6+. The summed E-state index contributed by atoms with van der Waals surface area (Å²) in [6.45, 7) is 3.59. The lowest BCUT2D eigenvalue weighted by molar-refractivity contribution is -0.927. The molecule has 0 radical (unpaired) electrons. The van der Waals surface area contributed by atoms with Gasteiger partial charge < -0.3 is 24.6 Å². The van der Waals surface area contributed by atoms with Gasteiger partial charge in [0, 0.05) is 12.4 Å². The first kappa shape index (κ1) is 36.1. The predicted molar refractivity (Wildman–Crippen MR) is 152 cm³/mol. The Kier molecular flexibility index (Phi) is 24.1. The Morgan fingerprint density at radius 2 is 0.921 bits per heavy atom. The molecule has 38 heavy (non-hydrogen) atoms. The second-order valence-electron chi connectivity index (χ2n) is 11.0. The summed E-state index contributed by atoms with van der Waals surface area (Å²) >= 11 is 0. The summed E-state index contributed by atoms with van der Waals surface area (Å²) in [4.78, 5) is 33.3. The van der Waals surface area contributed by atoms with Crippen LogP contribution in [-0.4, -0.2) is 58.8 Å². The molecule has 0 rings (SSSR count). The molecule has 0 amide bonds. The predicted octanol–water partition coefficient (Wildman–Crippen LogP) is 6.49. The van der Waals surface area contributed by atoms with Crippen LogP contribution in [-0.2, 0) is 14.4 Å². The highest BCUT2D eigenvalue weighted by Crippen LogP contribution is 2.17. The number of hydrogen-bond donors (Lipinski definition) is 2. The fourth-order valence-electron chi connectivity index (χ4n) is 5.07. The summed E-state index contributed by atoms with van der Waals surface area (Å²) in [6, 6.07) is 0. The van der Waals surface area contributed by atoms with E-state index in [9.17, 15) is 19.5 Å². The molecule has 0 bridgehead atoms. The molecule has 0 aromatic heterocycles. The van der Waals surface area contributed by atoms with Crippen molar-refractivity contribution in [3.05, 3.63) is 12.2 Å². The molecule has 0 atom stereocenters. The molecule has 0 heterocycles. The van der Waals surface area contributed by atoms with E-state index in [4.69, 9.17) is 10.2 Å². The van der Waals surface area contributed by atoms with Gasteiger partial charge in [-0.1, -0.05) is 96.1 Å². The molecule has 7 nitrogen and oxygen atoms in total. The molecular weight excluding hydrogens is 482 g/mol. The van der Waals surface area contributed by atoms with Gasteiger partial charge in [-0.2, -0.15) is 0 Å². The molecule has 0 fully saturated rings. The Labute approximate surface area is 232 Å². The third kappa shape index (κ3) is 24.4. The SMILES string of the molecule is CCCCC/C=C/CCCCCCCCCCCCCCC[N+](CCC(=O)[O-])(CCC(=O)O)CCC(=O)O. The van der Waals surface area contributed by atoms with Gasteiger partial charge in [-0.25, -0.2) is 0 Å². The summed E-state index contributed by atoms with van der Waals surface area (Å²) < 4.78 is 0.225. The minimum Gasteiger partial charge on any atom is -0.550 e. The summed E-state index contributed by atoms with van der Waals surface area (Å²) in [5.74, 6) is -3.08. The van der Waals surface area contributed by atoms with Crippen LogP contribution < -0.4 is 5.11 Å². The van der Waals surface area contributed by atoms with Crippen LogP contribution >= 0.6 is 0 Å². The van der Waals surface area contributed by atoms with Gasteiger partial charge in [0.1, 0.15) is 0 Å². The Hall–Kier alpha value is -1.89. The van der Waals surface area contributed by atoms with Gasteiger partial charge in [0.15, 0.2) is 0 Å². The van der Waals surface area contributed by atoms with Gasteiger partial charge in [-0.3, -0.25) is 9.59 Å². The van der Waals surface area contributed by atoms with Crippen LogP contribution in [0, 0.1) is 0 Å². The fourth-order valence-corrected chi connectivity index (χ4v) is 5.07. The lowest BCUT2D eigenvalue weighted by atomic mass is 10.0. The number of carboxylic acid groups (broad SMARTS) is 3. The van der Waals surface area contributed by atoms with Gasteiger partial charge in [0.05, 0.1) is 39.0 Å². The third-order valence-corrected chi connectivity index (χ3v) is 7.53. The largest absolute Gasteiger partial charge is 0.550 e. The molecular formula is C31H57NO6. The normalized spacial score (nSPS) is 11.8. The second-order valence-corrected chi connectivity index (χ2v) is 11.0. The minimum absolute atomic E-state index is 0.0940. The number of carbonyl (C=O) groups is 3. The van der Waals surface area contributed by atoms with E-state index in [2.05, 4.69) is 19.1 Å². The molecule has 0 aliphatic rings. The van der Waals surface area contributed by atoms with Crippen molar-refractivity contribution < 1.29 is 34.2 Å². The second kappa shape index (κ2) is 25.4. The number of hydrogen-bond acceptors (Lipinski definition) is 4. The molecule has 0 unspecified atom stereocenters. The van der Waals surface area contributed by atoms with Gasteiger partial charge in [0.2, 0.25) is 0 Å². The first-order valence-corrected chi connectivity index (χ1v) is 15.4. The Morgan fingerprint density at radius 3 is 1.32 bits per heavy atom. The van der Waals surface area contributed by atoms with Crippen molar-refractivity contribution in [2.45, 2.75) is 142 Å². The number of quaternary nitrogens is 1. The van der Waals surface area contributed by atoms with Gasteiger partial charge in [0.25, 0.3) is 0 Å². The maximum Gasteiger partial charge on any atom is 0.309 e. The lowest BCUT2D eigenvalue weighted by Gasteiger charge is -2.38. The van der Waals surface area contributed by atoms with E-state index >= 15 is 0 Å². The summed E-state index contributed by atoms with van der Waals surface area (Å²) in [6.07, 6.45) is 26.7. The Balaban J connectivity index is 3.89. The van der Waals surface area contributed by atoms with E-state index in [0.717, 1.165) is 19.3 Å². The topological polar surface area (TPSA) is 115 Å². The van der Waals surface area contributed by atoms with Crippen molar-refractivity contribution in [2.75, 3.05) is 26.2 Å². The van der Waals surface area contributed by atoms with Crippen molar-refractivity contribution in [1.29, 1.82) is 0 Å². The van der Waals surface area contributed by atoms with Crippen LogP contribution in [0.15, 0.2) is 12.2 Å². The van der Waals surface area contributed by atoms with E-state index in [1.54, 1.807) is 0 Å². The van der Waals surface area contributed by atoms with Crippen molar-refractivity contribution in [3.8, 4) is 0 Å².